The number of hydrogen-bond donors (Lipinski definition) is 5. The van der Waals surface area contributed by atoms with E-state index in [0.29, 0.717) is 5.56 Å². The van der Waals surface area contributed by atoms with Crippen LogP contribution in [0.2, 0.25) is 0 Å². The van der Waals surface area contributed by atoms with Crippen molar-refractivity contribution in [1.29, 1.82) is 0 Å². The number of aliphatic hydroxyl groups is 1. The molecule has 0 saturated carbocycles. The van der Waals surface area contributed by atoms with Gasteiger partial charge in [-0.25, -0.2) is 0 Å². The van der Waals surface area contributed by atoms with Crippen LogP contribution in [0.4, 0.5) is 11.4 Å². The summed E-state index contributed by atoms with van der Waals surface area (Å²) >= 11 is 0. The summed E-state index contributed by atoms with van der Waals surface area (Å²) in [5.74, 6) is -0.719. The fourth-order valence-corrected chi connectivity index (χ4v) is 4.05. The van der Waals surface area contributed by atoms with Gasteiger partial charge in [-0.2, -0.15) is 8.42 Å². The molecule has 6 N–H and O–H groups in total. The lowest BCUT2D eigenvalue weighted by atomic mass is 10.0. The average molecular weight is 462 g/mol. The number of carbonyl (C=O) groups excluding carboxylic acids is 1. The molecule has 32 heavy (non-hydrogen) atoms. The van der Waals surface area contributed by atoms with Gasteiger partial charge in [0.25, 0.3) is 16.0 Å². The number of aliphatic hydroxyl groups excluding tert-OH is 1. The fourth-order valence-electron chi connectivity index (χ4n) is 3.36. The molecule has 1 amide bonds. The van der Waals surface area contributed by atoms with Crippen LogP contribution in [0.5, 0.6) is 17.2 Å². The maximum Gasteiger partial charge on any atom is 0.295 e. The van der Waals surface area contributed by atoms with Crippen molar-refractivity contribution in [1.82, 2.24) is 0 Å². The van der Waals surface area contributed by atoms with Gasteiger partial charge in [0.05, 0.1) is 42.6 Å². The van der Waals surface area contributed by atoms with E-state index in [2.05, 4.69) is 5.32 Å². The second kappa shape index (κ2) is 8.54. The van der Waals surface area contributed by atoms with Gasteiger partial charge in [0.15, 0.2) is 0 Å². The highest BCUT2D eigenvalue weighted by molar-refractivity contribution is 7.86. The molecule has 0 bridgehead atoms. The summed E-state index contributed by atoms with van der Waals surface area (Å²) in [6.07, 6.45) is -0.882. The van der Waals surface area contributed by atoms with Gasteiger partial charge in [-0.05, 0) is 37.3 Å². The second-order valence-corrected chi connectivity index (χ2v) is 8.33. The number of nitrogen functional groups attached to an aromatic ring is 1. The third-order valence-corrected chi connectivity index (χ3v) is 5.83. The SMILES string of the molecule is COc1cc(C(C)O)c(OC)cc1C(=O)Nc1ccc(S(=O)(=O)O)c2ccc(N)c(O)c12. The number of phenols is 1. The molecule has 0 radical (unpaired) electrons. The first kappa shape index (κ1) is 23.1. The molecule has 0 aliphatic carbocycles. The van der Waals surface area contributed by atoms with Crippen LogP contribution < -0.4 is 20.5 Å². The van der Waals surface area contributed by atoms with Crippen LogP contribution in [-0.2, 0) is 10.1 Å². The number of nitrogens with one attached hydrogen (secondary N) is 1. The number of aromatic hydroxyl groups is 1. The molecule has 0 saturated heterocycles. The van der Waals surface area contributed by atoms with Crippen molar-refractivity contribution >= 4 is 38.2 Å². The number of hydrogen-bond acceptors (Lipinski definition) is 8. The van der Waals surface area contributed by atoms with E-state index in [1.807, 2.05) is 0 Å². The molecular weight excluding hydrogens is 440 g/mol. The zero-order valence-electron chi connectivity index (χ0n) is 17.4. The number of methoxy groups -OCH3 is 2. The maximum absolute atomic E-state index is 13.1. The maximum atomic E-state index is 13.1. The quantitative estimate of drug-likeness (QED) is 0.210. The van der Waals surface area contributed by atoms with E-state index in [4.69, 9.17) is 15.2 Å². The smallest absolute Gasteiger partial charge is 0.295 e. The van der Waals surface area contributed by atoms with Crippen LogP contribution in [0, 0.1) is 0 Å². The van der Waals surface area contributed by atoms with E-state index in [1.54, 1.807) is 0 Å². The molecule has 10 nitrogen and oxygen atoms in total. The first-order valence-corrected chi connectivity index (χ1v) is 10.7. The Kier molecular flexibility index (Phi) is 6.17. The highest BCUT2D eigenvalue weighted by Crippen LogP contribution is 2.40. The Morgan fingerprint density at radius 1 is 1.09 bits per heavy atom. The number of rotatable bonds is 6. The van der Waals surface area contributed by atoms with Gasteiger partial charge in [-0.1, -0.05) is 6.07 Å². The Labute approximate surface area is 183 Å². The first-order valence-electron chi connectivity index (χ1n) is 9.26. The molecule has 1 unspecified atom stereocenters. The average Bonchev–Trinajstić information content (AvgIpc) is 2.74. The van der Waals surface area contributed by atoms with E-state index >= 15 is 0 Å². The molecule has 3 aromatic rings. The summed E-state index contributed by atoms with van der Waals surface area (Å²) < 4.78 is 43.5. The zero-order valence-corrected chi connectivity index (χ0v) is 18.2. The van der Waals surface area contributed by atoms with Crippen molar-refractivity contribution in [2.45, 2.75) is 17.9 Å². The van der Waals surface area contributed by atoms with Gasteiger partial charge in [0.1, 0.15) is 22.1 Å². The number of carbonyl (C=O) groups is 1. The van der Waals surface area contributed by atoms with Gasteiger partial charge < -0.3 is 30.7 Å². The number of ether oxygens (including phenoxy) is 2. The van der Waals surface area contributed by atoms with Crippen LogP contribution in [0.25, 0.3) is 10.8 Å². The van der Waals surface area contributed by atoms with Gasteiger partial charge in [-0.15, -0.1) is 0 Å². The number of nitrogens with two attached hydrogens (primary N) is 1. The summed E-state index contributed by atoms with van der Waals surface area (Å²) in [5.41, 5.74) is 6.21. The van der Waals surface area contributed by atoms with Gasteiger partial charge in [-0.3, -0.25) is 9.35 Å². The summed E-state index contributed by atoms with van der Waals surface area (Å²) in [7, 11) is -1.87. The van der Waals surface area contributed by atoms with Gasteiger partial charge >= 0.3 is 0 Å². The molecule has 0 fully saturated rings. The van der Waals surface area contributed by atoms with Crippen LogP contribution in [-0.4, -0.2) is 43.3 Å². The van der Waals surface area contributed by atoms with E-state index < -0.39 is 32.8 Å². The first-order chi connectivity index (χ1) is 15.0. The van der Waals surface area contributed by atoms with E-state index in [0.717, 1.165) is 6.07 Å². The molecule has 3 rings (SSSR count). The summed E-state index contributed by atoms with van der Waals surface area (Å²) in [5, 5.41) is 22.9. The normalized spacial score (nSPS) is 12.4. The fraction of sp³-hybridized carbons (Fsp3) is 0.190. The molecule has 1 atom stereocenters. The van der Waals surface area contributed by atoms with E-state index in [9.17, 15) is 28.0 Å². The van der Waals surface area contributed by atoms with E-state index in [1.165, 1.54) is 51.5 Å². The summed E-state index contributed by atoms with van der Waals surface area (Å²) in [4.78, 5) is 12.6. The molecular formula is C21H22N2O8S. The standard InChI is InChI=1S/C21H22N2O8S/c1-10(24)12-8-17(31-3)13(9-16(12)30-2)21(26)23-15-6-7-18(32(27,28)29)11-4-5-14(22)20(25)19(11)15/h4-10,24-25H,22H2,1-3H3,(H,23,26)(H,27,28,29). The lowest BCUT2D eigenvalue weighted by Crippen LogP contribution is -2.15. The van der Waals surface area contributed by atoms with Crippen LogP contribution in [0.1, 0.15) is 28.9 Å². The van der Waals surface area contributed by atoms with Crippen molar-refractivity contribution in [2.24, 2.45) is 0 Å². The monoisotopic (exact) mass is 462 g/mol. The third kappa shape index (κ3) is 4.13. The topological polar surface area (TPSA) is 168 Å². The van der Waals surface area contributed by atoms with Crippen LogP contribution in [0.15, 0.2) is 41.3 Å². The van der Waals surface area contributed by atoms with Gasteiger partial charge in [0.2, 0.25) is 0 Å². The zero-order chi connectivity index (χ0) is 23.8. The minimum Gasteiger partial charge on any atom is -0.505 e. The Bertz CT molecular complexity index is 1320. The minimum absolute atomic E-state index is 0.0361. The molecule has 3 aromatic carbocycles. The predicted molar refractivity (Wildman–Crippen MR) is 118 cm³/mol. The summed E-state index contributed by atoms with van der Waals surface area (Å²) in [6, 6.07) is 7.76. The van der Waals surface area contributed by atoms with Crippen molar-refractivity contribution in [3.05, 3.63) is 47.5 Å². The number of fused-ring (bicyclic) bond motifs is 1. The number of amides is 1. The highest BCUT2D eigenvalue weighted by atomic mass is 32.2. The third-order valence-electron chi connectivity index (χ3n) is 4.92. The lowest BCUT2D eigenvalue weighted by Gasteiger charge is -2.17. The van der Waals surface area contributed by atoms with E-state index in [-0.39, 0.29) is 39.2 Å². The Morgan fingerprint density at radius 3 is 2.31 bits per heavy atom. The Hall–Kier alpha value is -3.54. The summed E-state index contributed by atoms with van der Waals surface area (Å²) in [6.45, 7) is 1.53. The second-order valence-electron chi connectivity index (χ2n) is 6.94. The molecule has 0 spiro atoms. The molecule has 0 aromatic heterocycles. The largest absolute Gasteiger partial charge is 0.505 e. The predicted octanol–water partition coefficient (Wildman–Crippen LogP) is 2.70. The highest BCUT2D eigenvalue weighted by Gasteiger charge is 2.23. The molecule has 0 aliphatic heterocycles. The van der Waals surface area contributed by atoms with Crippen LogP contribution in [0.3, 0.4) is 0 Å². The number of anilines is 2. The number of benzene rings is 3. The Morgan fingerprint density at radius 2 is 1.75 bits per heavy atom. The molecule has 170 valence electrons. The molecule has 0 heterocycles. The minimum atomic E-state index is -4.61. The van der Waals surface area contributed by atoms with Crippen molar-refractivity contribution in [3.8, 4) is 17.2 Å². The van der Waals surface area contributed by atoms with Gasteiger partial charge in [0, 0.05) is 10.9 Å². The lowest BCUT2D eigenvalue weighted by molar-refractivity contribution is 0.102. The Balaban J connectivity index is 2.17. The molecule has 11 heteroatoms. The van der Waals surface area contributed by atoms with Crippen molar-refractivity contribution < 1.29 is 37.5 Å². The van der Waals surface area contributed by atoms with Crippen LogP contribution >= 0.6 is 0 Å². The van der Waals surface area contributed by atoms with Crippen molar-refractivity contribution in [2.75, 3.05) is 25.3 Å². The number of phenolic OH excluding ortho intramolecular Hbond substituents is 1. The van der Waals surface area contributed by atoms with Crippen molar-refractivity contribution in [3.63, 3.8) is 0 Å². The molecule has 0 aliphatic rings.